The number of aliphatic imine (C=N–C) groups is 1. The molecule has 4 nitrogen and oxygen atoms in total. The number of unbranched alkanes of at least 4 members (excludes halogenated alkanes) is 5. The minimum atomic E-state index is -0.424. The molecule has 2 aromatic carbocycles. The van der Waals surface area contributed by atoms with E-state index in [-0.39, 0.29) is 0 Å². The largest absolute Gasteiger partial charge is 0.494 e. The normalized spacial score (nSPS) is 14.8. The average molecular weight is 392 g/mol. The molecular weight excluding hydrogens is 362 g/mol. The molecule has 29 heavy (non-hydrogen) atoms. The third-order valence-corrected chi connectivity index (χ3v) is 4.95. The highest BCUT2D eigenvalue weighted by molar-refractivity contribution is 6.13. The maximum Gasteiger partial charge on any atom is 0.363 e. The zero-order valence-electron chi connectivity index (χ0n) is 17.3. The molecular formula is C25H29NO3. The second-order valence-electron chi connectivity index (χ2n) is 7.34. The molecule has 2 aromatic rings. The molecule has 0 unspecified atom stereocenters. The van der Waals surface area contributed by atoms with Crippen molar-refractivity contribution >= 4 is 17.9 Å². The van der Waals surface area contributed by atoms with E-state index in [4.69, 9.17) is 9.47 Å². The predicted molar refractivity (Wildman–Crippen MR) is 117 cm³/mol. The number of ether oxygens (including phenoxy) is 2. The molecule has 0 spiro atoms. The molecule has 1 heterocycles. The summed E-state index contributed by atoms with van der Waals surface area (Å²) in [7, 11) is 0. The highest BCUT2D eigenvalue weighted by Gasteiger charge is 2.24. The van der Waals surface area contributed by atoms with Crippen molar-refractivity contribution < 1.29 is 14.3 Å². The maximum absolute atomic E-state index is 12.2. The maximum atomic E-state index is 12.2. The molecule has 0 aromatic heterocycles. The van der Waals surface area contributed by atoms with Crippen molar-refractivity contribution in [2.75, 3.05) is 6.61 Å². The van der Waals surface area contributed by atoms with Gasteiger partial charge in [-0.1, -0.05) is 69.4 Å². The summed E-state index contributed by atoms with van der Waals surface area (Å²) in [6, 6.07) is 15.4. The Kier molecular flexibility index (Phi) is 7.62. The fourth-order valence-corrected chi connectivity index (χ4v) is 3.23. The lowest BCUT2D eigenvalue weighted by molar-refractivity contribution is -0.129. The highest BCUT2D eigenvalue weighted by Crippen LogP contribution is 2.22. The molecule has 0 fully saturated rings. The standard InChI is InChI=1S/C25H29NO3/c1-3-4-5-6-7-10-17-28-21-15-13-20(14-16-21)18-23-25(27)29-24(26-23)22-12-9-8-11-19(22)2/h8-9,11-16,18H,3-7,10,17H2,1-2H3. The summed E-state index contributed by atoms with van der Waals surface area (Å²) in [5.41, 5.74) is 3.05. The summed E-state index contributed by atoms with van der Waals surface area (Å²) in [6.45, 7) is 4.94. The topological polar surface area (TPSA) is 47.9 Å². The number of carbonyl (C=O) groups excluding carboxylic acids is 1. The minimum Gasteiger partial charge on any atom is -0.494 e. The molecule has 0 saturated carbocycles. The van der Waals surface area contributed by atoms with Crippen LogP contribution in [-0.2, 0) is 9.53 Å². The number of hydrogen-bond donors (Lipinski definition) is 0. The van der Waals surface area contributed by atoms with Gasteiger partial charge in [-0.2, -0.15) is 0 Å². The van der Waals surface area contributed by atoms with E-state index >= 15 is 0 Å². The Morgan fingerprint density at radius 2 is 1.69 bits per heavy atom. The Morgan fingerprint density at radius 1 is 0.966 bits per heavy atom. The summed E-state index contributed by atoms with van der Waals surface area (Å²) in [5.74, 6) is 0.781. The lowest BCUT2D eigenvalue weighted by Crippen LogP contribution is -2.06. The average Bonchev–Trinajstić information content (AvgIpc) is 3.09. The van der Waals surface area contributed by atoms with Gasteiger partial charge in [0.2, 0.25) is 5.90 Å². The fourth-order valence-electron chi connectivity index (χ4n) is 3.23. The Bertz CT molecular complexity index is 881. The summed E-state index contributed by atoms with van der Waals surface area (Å²) >= 11 is 0. The van der Waals surface area contributed by atoms with Crippen molar-refractivity contribution in [2.45, 2.75) is 52.4 Å². The zero-order valence-corrected chi connectivity index (χ0v) is 17.3. The number of nitrogens with zero attached hydrogens (tertiary/aromatic N) is 1. The predicted octanol–water partition coefficient (Wildman–Crippen LogP) is 6.08. The lowest BCUT2D eigenvalue weighted by Gasteiger charge is -2.06. The number of rotatable bonds is 10. The molecule has 0 bridgehead atoms. The number of esters is 1. The van der Waals surface area contributed by atoms with E-state index in [0.717, 1.165) is 35.5 Å². The fraction of sp³-hybridized carbons (Fsp3) is 0.360. The van der Waals surface area contributed by atoms with Crippen LogP contribution in [0.25, 0.3) is 6.08 Å². The van der Waals surface area contributed by atoms with Gasteiger partial charge in [0, 0.05) is 5.56 Å². The Balaban J connectivity index is 1.55. The number of carbonyl (C=O) groups is 1. The van der Waals surface area contributed by atoms with Gasteiger partial charge in [-0.3, -0.25) is 0 Å². The van der Waals surface area contributed by atoms with E-state index in [1.54, 1.807) is 6.08 Å². The smallest absolute Gasteiger partial charge is 0.363 e. The molecule has 0 saturated heterocycles. The van der Waals surface area contributed by atoms with Gasteiger partial charge in [-0.05, 0) is 48.7 Å². The number of aryl methyl sites for hydroxylation is 1. The van der Waals surface area contributed by atoms with Crippen molar-refractivity contribution in [2.24, 2.45) is 4.99 Å². The van der Waals surface area contributed by atoms with Gasteiger partial charge >= 0.3 is 5.97 Å². The van der Waals surface area contributed by atoms with Gasteiger partial charge in [0.25, 0.3) is 0 Å². The first-order valence-corrected chi connectivity index (χ1v) is 10.5. The van der Waals surface area contributed by atoms with E-state index < -0.39 is 5.97 Å². The van der Waals surface area contributed by atoms with Crippen LogP contribution in [-0.4, -0.2) is 18.5 Å². The third kappa shape index (κ3) is 6.05. The second-order valence-corrected chi connectivity index (χ2v) is 7.34. The van der Waals surface area contributed by atoms with Crippen LogP contribution in [0, 0.1) is 6.92 Å². The van der Waals surface area contributed by atoms with Crippen molar-refractivity contribution in [3.8, 4) is 5.75 Å². The Morgan fingerprint density at radius 3 is 2.45 bits per heavy atom. The van der Waals surface area contributed by atoms with Crippen LogP contribution < -0.4 is 4.74 Å². The number of benzene rings is 2. The molecule has 4 heteroatoms. The van der Waals surface area contributed by atoms with E-state index in [1.165, 1.54) is 32.1 Å². The molecule has 1 aliphatic heterocycles. The molecule has 152 valence electrons. The molecule has 0 aliphatic carbocycles. The van der Waals surface area contributed by atoms with Crippen molar-refractivity contribution in [3.63, 3.8) is 0 Å². The van der Waals surface area contributed by atoms with Crippen LogP contribution in [0.4, 0.5) is 0 Å². The summed E-state index contributed by atoms with van der Waals surface area (Å²) < 4.78 is 11.2. The zero-order chi connectivity index (χ0) is 20.5. The monoisotopic (exact) mass is 391 g/mol. The molecule has 1 aliphatic rings. The second kappa shape index (κ2) is 10.6. The minimum absolute atomic E-state index is 0.309. The summed E-state index contributed by atoms with van der Waals surface area (Å²) in [4.78, 5) is 16.6. The van der Waals surface area contributed by atoms with Gasteiger partial charge < -0.3 is 9.47 Å². The van der Waals surface area contributed by atoms with Gasteiger partial charge in [-0.15, -0.1) is 0 Å². The van der Waals surface area contributed by atoms with Gasteiger partial charge in [0.1, 0.15) is 5.75 Å². The van der Waals surface area contributed by atoms with Crippen LogP contribution in [0.2, 0.25) is 0 Å². The molecule has 0 N–H and O–H groups in total. The first kappa shape index (κ1) is 20.8. The summed E-state index contributed by atoms with van der Waals surface area (Å²) in [5, 5.41) is 0. The first-order valence-electron chi connectivity index (χ1n) is 10.5. The van der Waals surface area contributed by atoms with Crippen molar-refractivity contribution in [3.05, 3.63) is 70.9 Å². The van der Waals surface area contributed by atoms with Crippen LogP contribution in [0.15, 0.2) is 59.2 Å². The van der Waals surface area contributed by atoms with Crippen molar-refractivity contribution in [1.82, 2.24) is 0 Å². The Labute approximate surface area is 173 Å². The lowest BCUT2D eigenvalue weighted by atomic mass is 10.1. The SMILES string of the molecule is CCCCCCCCOc1ccc(C=C2N=C(c3ccccc3C)OC2=O)cc1. The van der Waals surface area contributed by atoms with Crippen molar-refractivity contribution in [1.29, 1.82) is 0 Å². The molecule has 0 radical (unpaired) electrons. The Hall–Kier alpha value is -2.88. The van der Waals surface area contributed by atoms with Crippen LogP contribution in [0.3, 0.4) is 0 Å². The van der Waals surface area contributed by atoms with E-state index in [2.05, 4.69) is 11.9 Å². The molecule has 3 rings (SSSR count). The van der Waals surface area contributed by atoms with E-state index in [1.807, 2.05) is 55.5 Å². The first-order chi connectivity index (χ1) is 14.2. The molecule has 0 atom stereocenters. The number of cyclic esters (lactones) is 1. The van der Waals surface area contributed by atoms with Gasteiger partial charge in [-0.25, -0.2) is 9.79 Å². The van der Waals surface area contributed by atoms with Gasteiger partial charge in [0.05, 0.1) is 6.61 Å². The van der Waals surface area contributed by atoms with E-state index in [9.17, 15) is 4.79 Å². The quantitative estimate of drug-likeness (QED) is 0.280. The highest BCUT2D eigenvalue weighted by atomic mass is 16.6. The molecule has 0 amide bonds. The van der Waals surface area contributed by atoms with Gasteiger partial charge in [0.15, 0.2) is 5.70 Å². The van der Waals surface area contributed by atoms with E-state index in [0.29, 0.717) is 11.6 Å². The van der Waals surface area contributed by atoms with Crippen LogP contribution >= 0.6 is 0 Å². The summed E-state index contributed by atoms with van der Waals surface area (Å²) in [6.07, 6.45) is 9.23. The number of hydrogen-bond acceptors (Lipinski definition) is 4. The third-order valence-electron chi connectivity index (χ3n) is 4.95. The van der Waals surface area contributed by atoms with Crippen LogP contribution in [0.5, 0.6) is 5.75 Å². The van der Waals surface area contributed by atoms with Crippen LogP contribution in [0.1, 0.15) is 62.1 Å².